The third kappa shape index (κ3) is 2.88. The van der Waals surface area contributed by atoms with Crippen molar-refractivity contribution in [3.05, 3.63) is 28.8 Å². The van der Waals surface area contributed by atoms with Crippen molar-refractivity contribution >= 4 is 29.2 Å². The van der Waals surface area contributed by atoms with Crippen LogP contribution in [0.1, 0.15) is 30.1 Å². The van der Waals surface area contributed by atoms with E-state index < -0.39 is 11.9 Å². The van der Waals surface area contributed by atoms with Crippen LogP contribution in [0.2, 0.25) is 5.02 Å². The highest BCUT2D eigenvalue weighted by Crippen LogP contribution is 2.32. The van der Waals surface area contributed by atoms with Crippen molar-refractivity contribution in [1.82, 2.24) is 0 Å². The summed E-state index contributed by atoms with van der Waals surface area (Å²) < 4.78 is 0. The number of piperidine rings is 1. The van der Waals surface area contributed by atoms with Gasteiger partial charge in [0.25, 0.3) is 5.91 Å². The minimum absolute atomic E-state index is 0.0152. The van der Waals surface area contributed by atoms with Crippen molar-refractivity contribution in [2.24, 2.45) is 11.7 Å². The highest BCUT2D eigenvalue weighted by atomic mass is 35.5. The summed E-state index contributed by atoms with van der Waals surface area (Å²) in [6.45, 7) is 2.51. The molecule has 1 aromatic carbocycles. The number of carbonyl (C=O) groups is 2. The molecule has 1 aromatic rings. The molecule has 5 nitrogen and oxygen atoms in total. The first-order valence-electron chi connectivity index (χ1n) is 6.49. The fourth-order valence-corrected chi connectivity index (χ4v) is 2.87. The summed E-state index contributed by atoms with van der Waals surface area (Å²) >= 11 is 5.99. The van der Waals surface area contributed by atoms with Gasteiger partial charge in [-0.25, -0.2) is 0 Å². The van der Waals surface area contributed by atoms with Gasteiger partial charge in [-0.1, -0.05) is 11.6 Å². The van der Waals surface area contributed by atoms with E-state index in [1.807, 2.05) is 11.8 Å². The molecule has 1 saturated heterocycles. The van der Waals surface area contributed by atoms with E-state index in [0.29, 0.717) is 35.7 Å². The van der Waals surface area contributed by atoms with Gasteiger partial charge < -0.3 is 15.7 Å². The third-order valence-corrected chi connectivity index (χ3v) is 4.00. The number of halogens is 1. The van der Waals surface area contributed by atoms with Crippen molar-refractivity contribution in [2.75, 3.05) is 11.4 Å². The predicted molar refractivity (Wildman–Crippen MR) is 77.1 cm³/mol. The summed E-state index contributed by atoms with van der Waals surface area (Å²) in [5, 5.41) is 9.61. The Bertz CT molecular complexity index is 547. The van der Waals surface area contributed by atoms with Crippen LogP contribution in [-0.2, 0) is 4.79 Å². The molecule has 0 spiro atoms. The van der Waals surface area contributed by atoms with Gasteiger partial charge in [0.05, 0.1) is 17.2 Å². The Morgan fingerprint density at radius 1 is 1.45 bits per heavy atom. The standard InChI is InChI=1S/C14H17ClN2O3/c1-8-6-9(14(19)20)4-5-17(8)12-7-10(15)2-3-11(12)13(16)18/h2-3,7-9H,4-6H2,1H3,(H2,16,18)(H,19,20). The Morgan fingerprint density at radius 3 is 2.70 bits per heavy atom. The molecule has 2 rings (SSSR count). The molecule has 1 aliphatic heterocycles. The summed E-state index contributed by atoms with van der Waals surface area (Å²) in [4.78, 5) is 24.6. The number of rotatable bonds is 3. The van der Waals surface area contributed by atoms with Crippen molar-refractivity contribution < 1.29 is 14.7 Å². The molecule has 1 fully saturated rings. The van der Waals surface area contributed by atoms with E-state index in [1.165, 1.54) is 0 Å². The molecule has 1 heterocycles. The Kier molecular flexibility index (Phi) is 4.18. The summed E-state index contributed by atoms with van der Waals surface area (Å²) in [6.07, 6.45) is 1.09. The minimum atomic E-state index is -0.766. The number of carboxylic acid groups (broad SMARTS) is 1. The average Bonchev–Trinajstić information content (AvgIpc) is 2.37. The second-order valence-corrected chi connectivity index (χ2v) is 5.56. The van der Waals surface area contributed by atoms with Crippen molar-refractivity contribution in [2.45, 2.75) is 25.8 Å². The van der Waals surface area contributed by atoms with Gasteiger partial charge in [0.2, 0.25) is 0 Å². The SMILES string of the molecule is CC1CC(C(=O)O)CCN1c1cc(Cl)ccc1C(N)=O. The maximum Gasteiger partial charge on any atom is 0.306 e. The van der Waals surface area contributed by atoms with E-state index >= 15 is 0 Å². The lowest BCUT2D eigenvalue weighted by atomic mass is 9.91. The molecule has 0 saturated carbocycles. The largest absolute Gasteiger partial charge is 0.481 e. The lowest BCUT2D eigenvalue weighted by Crippen LogP contribution is -2.43. The van der Waals surface area contributed by atoms with Crippen LogP contribution >= 0.6 is 11.6 Å². The molecule has 2 atom stereocenters. The number of anilines is 1. The van der Waals surface area contributed by atoms with Crippen LogP contribution in [0.4, 0.5) is 5.69 Å². The van der Waals surface area contributed by atoms with E-state index in [1.54, 1.807) is 18.2 Å². The Balaban J connectivity index is 2.30. The fourth-order valence-electron chi connectivity index (χ4n) is 2.71. The van der Waals surface area contributed by atoms with Crippen LogP contribution in [0.5, 0.6) is 0 Å². The number of amides is 1. The van der Waals surface area contributed by atoms with Gasteiger partial charge in [-0.2, -0.15) is 0 Å². The van der Waals surface area contributed by atoms with Gasteiger partial charge in [-0.3, -0.25) is 9.59 Å². The monoisotopic (exact) mass is 296 g/mol. The first-order chi connectivity index (χ1) is 9.40. The minimum Gasteiger partial charge on any atom is -0.481 e. The van der Waals surface area contributed by atoms with Gasteiger partial charge in [0, 0.05) is 17.6 Å². The summed E-state index contributed by atoms with van der Waals surface area (Å²) in [5.41, 5.74) is 6.48. The van der Waals surface area contributed by atoms with E-state index in [-0.39, 0.29) is 12.0 Å². The number of primary amides is 1. The molecule has 20 heavy (non-hydrogen) atoms. The number of nitrogens with two attached hydrogens (primary N) is 1. The van der Waals surface area contributed by atoms with Gasteiger partial charge in [-0.05, 0) is 38.0 Å². The fraction of sp³-hybridized carbons (Fsp3) is 0.429. The molecule has 0 radical (unpaired) electrons. The van der Waals surface area contributed by atoms with E-state index in [2.05, 4.69) is 0 Å². The Labute approximate surface area is 122 Å². The molecule has 1 amide bonds. The number of hydrogen-bond donors (Lipinski definition) is 2. The maximum atomic E-state index is 11.5. The van der Waals surface area contributed by atoms with Gasteiger partial charge in [0.15, 0.2) is 0 Å². The molecule has 0 aromatic heterocycles. The normalized spacial score (nSPS) is 22.6. The molecule has 2 unspecified atom stereocenters. The smallest absolute Gasteiger partial charge is 0.306 e. The number of aliphatic carboxylic acids is 1. The number of nitrogens with zero attached hydrogens (tertiary/aromatic N) is 1. The van der Waals surface area contributed by atoms with Gasteiger partial charge in [-0.15, -0.1) is 0 Å². The number of carbonyl (C=O) groups excluding carboxylic acids is 1. The van der Waals surface area contributed by atoms with Crippen LogP contribution in [0.3, 0.4) is 0 Å². The van der Waals surface area contributed by atoms with E-state index in [4.69, 9.17) is 22.4 Å². The quantitative estimate of drug-likeness (QED) is 0.895. The van der Waals surface area contributed by atoms with E-state index in [9.17, 15) is 9.59 Å². The maximum absolute atomic E-state index is 11.5. The van der Waals surface area contributed by atoms with Crippen molar-refractivity contribution in [1.29, 1.82) is 0 Å². The van der Waals surface area contributed by atoms with Crippen molar-refractivity contribution in [3.63, 3.8) is 0 Å². The average molecular weight is 297 g/mol. The highest BCUT2D eigenvalue weighted by Gasteiger charge is 2.31. The lowest BCUT2D eigenvalue weighted by Gasteiger charge is -2.38. The molecular weight excluding hydrogens is 280 g/mol. The number of hydrogen-bond acceptors (Lipinski definition) is 3. The predicted octanol–water partition coefficient (Wildman–Crippen LogP) is 2.13. The zero-order valence-electron chi connectivity index (χ0n) is 11.2. The Hall–Kier alpha value is -1.75. The molecule has 0 bridgehead atoms. The first-order valence-corrected chi connectivity index (χ1v) is 6.86. The zero-order chi connectivity index (χ0) is 14.9. The molecule has 3 N–H and O–H groups in total. The third-order valence-electron chi connectivity index (χ3n) is 3.76. The van der Waals surface area contributed by atoms with Crippen LogP contribution in [-0.4, -0.2) is 29.6 Å². The van der Waals surface area contributed by atoms with Crippen LogP contribution in [0, 0.1) is 5.92 Å². The van der Waals surface area contributed by atoms with Gasteiger partial charge in [0.1, 0.15) is 0 Å². The number of carboxylic acids is 1. The first kappa shape index (κ1) is 14.7. The molecule has 6 heteroatoms. The summed E-state index contributed by atoms with van der Waals surface area (Å²) in [7, 11) is 0. The summed E-state index contributed by atoms with van der Waals surface area (Å²) in [6, 6.07) is 4.95. The molecule has 108 valence electrons. The Morgan fingerprint density at radius 2 is 2.15 bits per heavy atom. The zero-order valence-corrected chi connectivity index (χ0v) is 11.9. The lowest BCUT2D eigenvalue weighted by molar-refractivity contribution is -0.142. The van der Waals surface area contributed by atoms with E-state index in [0.717, 1.165) is 0 Å². The molecule has 1 aliphatic rings. The van der Waals surface area contributed by atoms with Crippen LogP contribution in [0.15, 0.2) is 18.2 Å². The second-order valence-electron chi connectivity index (χ2n) is 5.13. The molecular formula is C14H17ClN2O3. The highest BCUT2D eigenvalue weighted by molar-refractivity contribution is 6.31. The second kappa shape index (κ2) is 5.71. The van der Waals surface area contributed by atoms with Gasteiger partial charge >= 0.3 is 5.97 Å². The van der Waals surface area contributed by atoms with Crippen LogP contribution in [0.25, 0.3) is 0 Å². The molecule has 0 aliphatic carbocycles. The topological polar surface area (TPSA) is 83.6 Å². The summed E-state index contributed by atoms with van der Waals surface area (Å²) in [5.74, 6) is -1.61. The number of benzene rings is 1. The van der Waals surface area contributed by atoms with Crippen molar-refractivity contribution in [3.8, 4) is 0 Å². The van der Waals surface area contributed by atoms with Crippen LogP contribution < -0.4 is 10.6 Å².